The van der Waals surface area contributed by atoms with E-state index in [9.17, 15) is 5.11 Å². The third-order valence-corrected chi connectivity index (χ3v) is 2.92. The SMILES string of the molecule is Cc1cc(Oc2cc3ccccc3cc2O)ccn1. The summed E-state index contributed by atoms with van der Waals surface area (Å²) in [5.41, 5.74) is 0.873. The van der Waals surface area contributed by atoms with E-state index >= 15 is 0 Å². The van der Waals surface area contributed by atoms with Crippen LogP contribution in [0, 0.1) is 6.92 Å². The van der Waals surface area contributed by atoms with Crippen LogP contribution in [0.5, 0.6) is 17.2 Å². The average Bonchev–Trinajstić information content (AvgIpc) is 2.40. The number of phenolic OH excluding ortho intramolecular Hbond substituents is 1. The lowest BCUT2D eigenvalue weighted by Gasteiger charge is -2.09. The van der Waals surface area contributed by atoms with Crippen LogP contribution in [0.3, 0.4) is 0 Å². The van der Waals surface area contributed by atoms with Crippen molar-refractivity contribution in [3.8, 4) is 17.2 Å². The van der Waals surface area contributed by atoms with Gasteiger partial charge in [0, 0.05) is 18.0 Å². The number of pyridine rings is 1. The van der Waals surface area contributed by atoms with Gasteiger partial charge in [0.2, 0.25) is 0 Å². The van der Waals surface area contributed by atoms with Crippen molar-refractivity contribution in [3.63, 3.8) is 0 Å². The Morgan fingerprint density at radius 2 is 1.74 bits per heavy atom. The zero-order valence-corrected chi connectivity index (χ0v) is 10.5. The number of fused-ring (bicyclic) bond motifs is 1. The van der Waals surface area contributed by atoms with Crippen LogP contribution >= 0.6 is 0 Å². The maximum Gasteiger partial charge on any atom is 0.169 e. The largest absolute Gasteiger partial charge is 0.504 e. The molecule has 3 rings (SSSR count). The number of aromatic hydroxyl groups is 1. The first-order chi connectivity index (χ1) is 9.22. The van der Waals surface area contributed by atoms with Gasteiger partial charge in [0.05, 0.1) is 0 Å². The monoisotopic (exact) mass is 251 g/mol. The summed E-state index contributed by atoms with van der Waals surface area (Å²) in [6, 6.07) is 15.0. The molecule has 0 radical (unpaired) electrons. The number of aromatic nitrogens is 1. The van der Waals surface area contributed by atoms with E-state index in [4.69, 9.17) is 4.74 Å². The van der Waals surface area contributed by atoms with E-state index < -0.39 is 0 Å². The molecular formula is C16H13NO2. The van der Waals surface area contributed by atoms with Crippen LogP contribution in [-0.4, -0.2) is 10.1 Å². The van der Waals surface area contributed by atoms with Crippen molar-refractivity contribution >= 4 is 10.8 Å². The highest BCUT2D eigenvalue weighted by atomic mass is 16.5. The fraction of sp³-hybridized carbons (Fsp3) is 0.0625. The number of aryl methyl sites for hydroxylation is 1. The molecule has 2 aromatic carbocycles. The summed E-state index contributed by atoms with van der Waals surface area (Å²) in [6.07, 6.45) is 1.68. The van der Waals surface area contributed by atoms with E-state index in [1.54, 1.807) is 18.3 Å². The summed E-state index contributed by atoms with van der Waals surface area (Å²) in [5, 5.41) is 12.0. The molecule has 0 bridgehead atoms. The summed E-state index contributed by atoms with van der Waals surface area (Å²) in [4.78, 5) is 4.11. The molecule has 94 valence electrons. The highest BCUT2D eigenvalue weighted by Gasteiger charge is 2.06. The fourth-order valence-electron chi connectivity index (χ4n) is 2.00. The van der Waals surface area contributed by atoms with E-state index in [1.807, 2.05) is 43.3 Å². The molecule has 0 aliphatic rings. The zero-order valence-electron chi connectivity index (χ0n) is 10.5. The maximum absolute atomic E-state index is 10.00. The zero-order chi connectivity index (χ0) is 13.2. The number of phenols is 1. The number of nitrogens with zero attached hydrogens (tertiary/aromatic N) is 1. The van der Waals surface area contributed by atoms with Gasteiger partial charge in [-0.2, -0.15) is 0 Å². The van der Waals surface area contributed by atoms with E-state index in [0.29, 0.717) is 11.5 Å². The number of hydrogen-bond acceptors (Lipinski definition) is 3. The average molecular weight is 251 g/mol. The molecule has 3 aromatic rings. The van der Waals surface area contributed by atoms with Gasteiger partial charge in [-0.05, 0) is 35.9 Å². The Bertz CT molecular complexity index is 738. The van der Waals surface area contributed by atoms with Crippen LogP contribution in [0.2, 0.25) is 0 Å². The molecule has 0 atom stereocenters. The van der Waals surface area contributed by atoms with E-state index in [1.165, 1.54) is 0 Å². The summed E-state index contributed by atoms with van der Waals surface area (Å²) >= 11 is 0. The molecule has 0 amide bonds. The van der Waals surface area contributed by atoms with Gasteiger partial charge in [-0.1, -0.05) is 24.3 Å². The second kappa shape index (κ2) is 4.61. The number of hydrogen-bond donors (Lipinski definition) is 1. The molecule has 3 nitrogen and oxygen atoms in total. The molecule has 1 heterocycles. The number of benzene rings is 2. The van der Waals surface area contributed by atoms with Gasteiger partial charge in [0.1, 0.15) is 5.75 Å². The van der Waals surface area contributed by atoms with E-state index in [0.717, 1.165) is 16.5 Å². The van der Waals surface area contributed by atoms with Crippen LogP contribution in [0.4, 0.5) is 0 Å². The minimum Gasteiger partial charge on any atom is -0.504 e. The minimum absolute atomic E-state index is 0.133. The van der Waals surface area contributed by atoms with Crippen LogP contribution in [0.25, 0.3) is 10.8 Å². The molecule has 3 heteroatoms. The van der Waals surface area contributed by atoms with Crippen LogP contribution < -0.4 is 4.74 Å². The van der Waals surface area contributed by atoms with Crippen LogP contribution in [-0.2, 0) is 0 Å². The van der Waals surface area contributed by atoms with Gasteiger partial charge >= 0.3 is 0 Å². The van der Waals surface area contributed by atoms with Crippen molar-refractivity contribution in [2.24, 2.45) is 0 Å². The fourth-order valence-corrected chi connectivity index (χ4v) is 2.00. The Balaban J connectivity index is 2.03. The van der Waals surface area contributed by atoms with Gasteiger partial charge in [0.15, 0.2) is 11.5 Å². The molecule has 0 unspecified atom stereocenters. The molecule has 0 saturated heterocycles. The third kappa shape index (κ3) is 2.36. The molecule has 0 aliphatic carbocycles. The second-order valence-electron chi connectivity index (χ2n) is 4.40. The van der Waals surface area contributed by atoms with Crippen LogP contribution in [0.1, 0.15) is 5.69 Å². The lowest BCUT2D eigenvalue weighted by molar-refractivity contribution is 0.412. The number of ether oxygens (including phenoxy) is 1. The Morgan fingerprint density at radius 1 is 1.00 bits per heavy atom. The van der Waals surface area contributed by atoms with Gasteiger partial charge in [-0.3, -0.25) is 4.98 Å². The Hall–Kier alpha value is -2.55. The molecule has 0 fully saturated rings. The smallest absolute Gasteiger partial charge is 0.169 e. The molecule has 0 spiro atoms. The van der Waals surface area contributed by atoms with Gasteiger partial charge < -0.3 is 9.84 Å². The molecule has 19 heavy (non-hydrogen) atoms. The van der Waals surface area contributed by atoms with Gasteiger partial charge in [-0.25, -0.2) is 0 Å². The van der Waals surface area contributed by atoms with E-state index in [-0.39, 0.29) is 5.75 Å². The lowest BCUT2D eigenvalue weighted by atomic mass is 10.1. The first-order valence-electron chi connectivity index (χ1n) is 6.05. The maximum atomic E-state index is 10.00. The van der Waals surface area contributed by atoms with Crippen molar-refractivity contribution in [2.45, 2.75) is 6.92 Å². The van der Waals surface area contributed by atoms with Crippen molar-refractivity contribution in [3.05, 3.63) is 60.4 Å². The van der Waals surface area contributed by atoms with Crippen molar-refractivity contribution in [1.82, 2.24) is 4.98 Å². The van der Waals surface area contributed by atoms with Gasteiger partial charge in [0.25, 0.3) is 0 Å². The Kier molecular flexibility index (Phi) is 2.80. The summed E-state index contributed by atoms with van der Waals surface area (Å²) in [5.74, 6) is 1.25. The minimum atomic E-state index is 0.133. The normalized spacial score (nSPS) is 10.6. The second-order valence-corrected chi connectivity index (χ2v) is 4.40. The number of rotatable bonds is 2. The molecule has 1 N–H and O–H groups in total. The van der Waals surface area contributed by atoms with Crippen molar-refractivity contribution < 1.29 is 9.84 Å². The highest BCUT2D eigenvalue weighted by Crippen LogP contribution is 2.34. The molecule has 1 aromatic heterocycles. The van der Waals surface area contributed by atoms with Crippen LogP contribution in [0.15, 0.2) is 54.7 Å². The summed E-state index contributed by atoms with van der Waals surface area (Å²) < 4.78 is 5.71. The predicted molar refractivity (Wildman–Crippen MR) is 74.7 cm³/mol. The van der Waals surface area contributed by atoms with E-state index in [2.05, 4.69) is 4.98 Å². The summed E-state index contributed by atoms with van der Waals surface area (Å²) in [7, 11) is 0. The predicted octanol–water partition coefficient (Wildman–Crippen LogP) is 4.04. The Morgan fingerprint density at radius 3 is 2.47 bits per heavy atom. The summed E-state index contributed by atoms with van der Waals surface area (Å²) in [6.45, 7) is 1.90. The quantitative estimate of drug-likeness (QED) is 0.747. The topological polar surface area (TPSA) is 42.4 Å². The first-order valence-corrected chi connectivity index (χ1v) is 6.05. The highest BCUT2D eigenvalue weighted by molar-refractivity contribution is 5.86. The Labute approximate surface area is 111 Å². The lowest BCUT2D eigenvalue weighted by Crippen LogP contribution is -1.87. The molecule has 0 saturated carbocycles. The van der Waals surface area contributed by atoms with Gasteiger partial charge in [-0.15, -0.1) is 0 Å². The third-order valence-electron chi connectivity index (χ3n) is 2.92. The standard InChI is InChI=1S/C16H13NO2/c1-11-8-14(6-7-17-11)19-16-10-13-5-3-2-4-12(13)9-15(16)18/h2-10,18H,1H3. The first kappa shape index (κ1) is 11.5. The molecular weight excluding hydrogens is 238 g/mol. The molecule has 0 aliphatic heterocycles. The van der Waals surface area contributed by atoms with Crippen molar-refractivity contribution in [1.29, 1.82) is 0 Å². The van der Waals surface area contributed by atoms with Crippen molar-refractivity contribution in [2.75, 3.05) is 0 Å².